The Morgan fingerprint density at radius 1 is 1.37 bits per heavy atom. The summed E-state index contributed by atoms with van der Waals surface area (Å²) >= 11 is 0. The molecular weight excluding hydrogens is 242 g/mol. The van der Waals surface area contributed by atoms with Crippen LogP contribution >= 0.6 is 0 Å². The van der Waals surface area contributed by atoms with Gasteiger partial charge < -0.3 is 9.84 Å². The van der Waals surface area contributed by atoms with Gasteiger partial charge in [-0.05, 0) is 25.2 Å². The maximum absolute atomic E-state index is 11.5. The Labute approximate surface area is 113 Å². The Balaban J connectivity index is 1.86. The third kappa shape index (κ3) is 2.38. The summed E-state index contributed by atoms with van der Waals surface area (Å²) in [6.07, 6.45) is 6.37. The lowest BCUT2D eigenvalue weighted by Crippen LogP contribution is -2.47. The van der Waals surface area contributed by atoms with E-state index in [9.17, 15) is 4.79 Å². The third-order valence-electron chi connectivity index (χ3n) is 4.42. The number of rotatable bonds is 3. The standard InChI is InChI=1S/C14H21N3O2/c1-9-8-11(9)12-15-13(17-19-12)14(16-10(2)18)6-4-3-5-7-14/h9,11H,3-8H2,1-2H3,(H,16,18)/t9-,11+/m1/s1. The van der Waals surface area contributed by atoms with E-state index < -0.39 is 5.54 Å². The predicted octanol–water partition coefficient (Wildman–Crippen LogP) is 2.49. The minimum absolute atomic E-state index is 0.0203. The molecule has 3 rings (SSSR count). The highest BCUT2D eigenvalue weighted by Crippen LogP contribution is 2.47. The number of amides is 1. The summed E-state index contributed by atoms with van der Waals surface area (Å²) in [5, 5.41) is 7.23. The van der Waals surface area contributed by atoms with Crippen molar-refractivity contribution in [3.8, 4) is 0 Å². The van der Waals surface area contributed by atoms with Crippen molar-refractivity contribution in [2.24, 2.45) is 5.92 Å². The van der Waals surface area contributed by atoms with E-state index in [1.807, 2.05) is 0 Å². The predicted molar refractivity (Wildman–Crippen MR) is 69.4 cm³/mol. The minimum Gasteiger partial charge on any atom is -0.343 e. The van der Waals surface area contributed by atoms with Crippen molar-refractivity contribution >= 4 is 5.91 Å². The molecule has 19 heavy (non-hydrogen) atoms. The fourth-order valence-electron chi connectivity index (χ4n) is 3.14. The van der Waals surface area contributed by atoms with Gasteiger partial charge in [-0.1, -0.05) is 31.3 Å². The molecule has 5 heteroatoms. The lowest BCUT2D eigenvalue weighted by molar-refractivity contribution is -0.121. The lowest BCUT2D eigenvalue weighted by atomic mass is 9.81. The van der Waals surface area contributed by atoms with Crippen LogP contribution in [0.15, 0.2) is 4.52 Å². The van der Waals surface area contributed by atoms with Crippen LogP contribution in [0.5, 0.6) is 0 Å². The van der Waals surface area contributed by atoms with Gasteiger partial charge >= 0.3 is 0 Å². The highest BCUT2D eigenvalue weighted by atomic mass is 16.5. The summed E-state index contributed by atoms with van der Waals surface area (Å²) in [4.78, 5) is 16.1. The molecule has 0 unspecified atom stereocenters. The number of carbonyl (C=O) groups excluding carboxylic acids is 1. The number of nitrogens with one attached hydrogen (secondary N) is 1. The fraction of sp³-hybridized carbons (Fsp3) is 0.786. The number of nitrogens with zero attached hydrogens (tertiary/aromatic N) is 2. The maximum atomic E-state index is 11.5. The lowest BCUT2D eigenvalue weighted by Gasteiger charge is -2.34. The van der Waals surface area contributed by atoms with Gasteiger partial charge in [0.25, 0.3) is 0 Å². The molecule has 0 aliphatic heterocycles. The first-order valence-corrected chi connectivity index (χ1v) is 7.23. The molecular formula is C14H21N3O2. The van der Waals surface area contributed by atoms with E-state index >= 15 is 0 Å². The summed E-state index contributed by atoms with van der Waals surface area (Å²) in [5.41, 5.74) is -0.399. The first-order chi connectivity index (χ1) is 9.11. The van der Waals surface area contributed by atoms with E-state index in [4.69, 9.17) is 4.52 Å². The third-order valence-corrected chi connectivity index (χ3v) is 4.42. The molecule has 5 nitrogen and oxygen atoms in total. The molecule has 0 spiro atoms. The normalized spacial score (nSPS) is 28.9. The zero-order valence-electron chi connectivity index (χ0n) is 11.6. The molecule has 1 heterocycles. The molecule has 1 amide bonds. The summed E-state index contributed by atoms with van der Waals surface area (Å²) in [7, 11) is 0. The molecule has 0 bridgehead atoms. The van der Waals surface area contributed by atoms with E-state index in [2.05, 4.69) is 22.4 Å². The van der Waals surface area contributed by atoms with Gasteiger partial charge in [0.15, 0.2) is 5.82 Å². The number of hydrogen-bond acceptors (Lipinski definition) is 4. The van der Waals surface area contributed by atoms with Crippen molar-refractivity contribution in [2.45, 2.75) is 63.8 Å². The van der Waals surface area contributed by atoms with Crippen LogP contribution in [0.25, 0.3) is 0 Å². The van der Waals surface area contributed by atoms with E-state index in [0.717, 1.165) is 38.0 Å². The van der Waals surface area contributed by atoms with Crippen LogP contribution in [0.3, 0.4) is 0 Å². The van der Waals surface area contributed by atoms with Crippen molar-refractivity contribution in [3.63, 3.8) is 0 Å². The van der Waals surface area contributed by atoms with E-state index in [1.165, 1.54) is 6.42 Å². The highest BCUT2D eigenvalue weighted by Gasteiger charge is 2.43. The Morgan fingerprint density at radius 2 is 2.05 bits per heavy atom. The summed E-state index contributed by atoms with van der Waals surface area (Å²) in [5.74, 6) is 2.48. The first kappa shape index (κ1) is 12.6. The van der Waals surface area contributed by atoms with E-state index in [0.29, 0.717) is 17.7 Å². The quantitative estimate of drug-likeness (QED) is 0.909. The van der Waals surface area contributed by atoms with Gasteiger partial charge in [0.2, 0.25) is 11.8 Å². The van der Waals surface area contributed by atoms with Crippen molar-refractivity contribution in [1.29, 1.82) is 0 Å². The monoisotopic (exact) mass is 263 g/mol. The molecule has 2 fully saturated rings. The number of aromatic nitrogens is 2. The summed E-state index contributed by atoms with van der Waals surface area (Å²) in [6, 6.07) is 0. The minimum atomic E-state index is -0.399. The molecule has 104 valence electrons. The Hall–Kier alpha value is -1.39. The largest absolute Gasteiger partial charge is 0.343 e. The van der Waals surface area contributed by atoms with Crippen LogP contribution in [0.2, 0.25) is 0 Å². The molecule has 1 aromatic rings. The average Bonchev–Trinajstić information content (AvgIpc) is 2.92. The second-order valence-electron chi connectivity index (χ2n) is 6.10. The molecule has 0 aromatic carbocycles. The highest BCUT2D eigenvalue weighted by molar-refractivity contribution is 5.74. The molecule has 2 saturated carbocycles. The van der Waals surface area contributed by atoms with Crippen molar-refractivity contribution in [2.75, 3.05) is 0 Å². The van der Waals surface area contributed by atoms with Gasteiger partial charge in [0.05, 0.1) is 0 Å². The smallest absolute Gasteiger partial charge is 0.230 e. The van der Waals surface area contributed by atoms with Crippen LogP contribution in [0.4, 0.5) is 0 Å². The second-order valence-corrected chi connectivity index (χ2v) is 6.10. The van der Waals surface area contributed by atoms with Crippen molar-refractivity contribution in [1.82, 2.24) is 15.5 Å². The molecule has 2 aliphatic carbocycles. The average molecular weight is 263 g/mol. The fourth-order valence-corrected chi connectivity index (χ4v) is 3.14. The zero-order valence-corrected chi connectivity index (χ0v) is 11.6. The topological polar surface area (TPSA) is 68.0 Å². The first-order valence-electron chi connectivity index (χ1n) is 7.23. The number of hydrogen-bond donors (Lipinski definition) is 1. The van der Waals surface area contributed by atoms with E-state index in [1.54, 1.807) is 6.92 Å². The van der Waals surface area contributed by atoms with Gasteiger partial charge in [0, 0.05) is 12.8 Å². The second kappa shape index (κ2) is 4.62. The number of carbonyl (C=O) groups is 1. The maximum Gasteiger partial charge on any atom is 0.230 e. The molecule has 1 aromatic heterocycles. The van der Waals surface area contributed by atoms with Crippen molar-refractivity contribution < 1.29 is 9.32 Å². The van der Waals surface area contributed by atoms with Crippen LogP contribution < -0.4 is 5.32 Å². The Kier molecular flexibility index (Phi) is 3.07. The van der Waals surface area contributed by atoms with Crippen LogP contribution in [0.1, 0.15) is 70.0 Å². The van der Waals surface area contributed by atoms with Gasteiger partial charge in [0.1, 0.15) is 5.54 Å². The molecule has 2 atom stereocenters. The van der Waals surface area contributed by atoms with Crippen molar-refractivity contribution in [3.05, 3.63) is 11.7 Å². The zero-order chi connectivity index (χ0) is 13.5. The summed E-state index contributed by atoms with van der Waals surface area (Å²) in [6.45, 7) is 3.75. The van der Waals surface area contributed by atoms with Gasteiger partial charge in [-0.3, -0.25) is 4.79 Å². The molecule has 0 saturated heterocycles. The molecule has 0 radical (unpaired) electrons. The van der Waals surface area contributed by atoms with Gasteiger partial charge in [-0.2, -0.15) is 4.98 Å². The van der Waals surface area contributed by atoms with Gasteiger partial charge in [-0.15, -0.1) is 0 Å². The van der Waals surface area contributed by atoms with Crippen LogP contribution in [0, 0.1) is 5.92 Å². The molecule has 2 aliphatic rings. The van der Waals surface area contributed by atoms with Crippen LogP contribution in [-0.2, 0) is 10.3 Å². The van der Waals surface area contributed by atoms with Gasteiger partial charge in [-0.25, -0.2) is 0 Å². The van der Waals surface area contributed by atoms with Crippen LogP contribution in [-0.4, -0.2) is 16.0 Å². The van der Waals surface area contributed by atoms with E-state index in [-0.39, 0.29) is 5.91 Å². The Bertz CT molecular complexity index is 477. The SMILES string of the molecule is CC(=O)NC1(c2noc([C@H]3C[C@H]3C)n2)CCCCC1. The Morgan fingerprint density at radius 3 is 2.63 bits per heavy atom. The molecule has 1 N–H and O–H groups in total. The summed E-state index contributed by atoms with van der Waals surface area (Å²) < 4.78 is 5.41.